The van der Waals surface area contributed by atoms with Gasteiger partial charge < -0.3 is 10.6 Å². The molecule has 0 amide bonds. The summed E-state index contributed by atoms with van der Waals surface area (Å²) >= 11 is 0. The van der Waals surface area contributed by atoms with Crippen LogP contribution in [-0.2, 0) is 6.18 Å². The Morgan fingerprint density at radius 1 is 1.20 bits per heavy atom. The van der Waals surface area contributed by atoms with Crippen molar-refractivity contribution in [1.29, 1.82) is 0 Å². The summed E-state index contributed by atoms with van der Waals surface area (Å²) < 4.78 is 39.6. The van der Waals surface area contributed by atoms with Crippen LogP contribution in [0.1, 0.15) is 44.6 Å². The maximum absolute atomic E-state index is 13.2. The molecule has 1 aliphatic rings. The standard InChI is InChI=1S/C15H21F3N2/c1-2-20(12-6-4-3-5-7-12)14-9-8-11(19)10-13(14)15(16,17)18/h8-10,12H,2-7,19H2,1H3. The van der Waals surface area contributed by atoms with Gasteiger partial charge in [-0.3, -0.25) is 0 Å². The molecule has 20 heavy (non-hydrogen) atoms. The average Bonchev–Trinajstić information content (AvgIpc) is 2.41. The van der Waals surface area contributed by atoms with E-state index in [2.05, 4.69) is 0 Å². The first kappa shape index (κ1) is 15.0. The zero-order valence-corrected chi connectivity index (χ0v) is 11.7. The largest absolute Gasteiger partial charge is 0.418 e. The zero-order chi connectivity index (χ0) is 14.8. The Bertz CT molecular complexity index is 451. The lowest BCUT2D eigenvalue weighted by Gasteiger charge is -2.36. The van der Waals surface area contributed by atoms with Crippen molar-refractivity contribution in [2.45, 2.75) is 51.2 Å². The first-order valence-corrected chi connectivity index (χ1v) is 7.17. The Morgan fingerprint density at radius 2 is 1.85 bits per heavy atom. The molecule has 0 spiro atoms. The lowest BCUT2D eigenvalue weighted by Crippen LogP contribution is -2.38. The number of benzene rings is 1. The molecular formula is C15H21F3N2. The van der Waals surface area contributed by atoms with E-state index in [0.717, 1.165) is 31.7 Å². The van der Waals surface area contributed by atoms with Crippen LogP contribution >= 0.6 is 0 Å². The topological polar surface area (TPSA) is 29.3 Å². The maximum atomic E-state index is 13.2. The Labute approximate surface area is 117 Å². The van der Waals surface area contributed by atoms with Gasteiger partial charge in [0.1, 0.15) is 0 Å². The van der Waals surface area contributed by atoms with Crippen molar-refractivity contribution in [1.82, 2.24) is 0 Å². The molecule has 0 atom stereocenters. The molecule has 2 nitrogen and oxygen atoms in total. The number of hydrogen-bond donors (Lipinski definition) is 1. The van der Waals surface area contributed by atoms with Crippen LogP contribution in [0.4, 0.5) is 24.5 Å². The summed E-state index contributed by atoms with van der Waals surface area (Å²) in [5, 5.41) is 0. The van der Waals surface area contributed by atoms with Gasteiger partial charge in [0.05, 0.1) is 5.56 Å². The number of alkyl halides is 3. The van der Waals surface area contributed by atoms with E-state index >= 15 is 0 Å². The summed E-state index contributed by atoms with van der Waals surface area (Å²) in [7, 11) is 0. The molecule has 112 valence electrons. The van der Waals surface area contributed by atoms with Gasteiger partial charge in [0.25, 0.3) is 0 Å². The number of rotatable bonds is 3. The molecule has 0 unspecified atom stereocenters. The number of anilines is 2. The van der Waals surface area contributed by atoms with E-state index in [1.54, 1.807) is 6.07 Å². The fourth-order valence-corrected chi connectivity index (χ4v) is 3.05. The van der Waals surface area contributed by atoms with Crippen LogP contribution < -0.4 is 10.6 Å². The summed E-state index contributed by atoms with van der Waals surface area (Å²) in [5.74, 6) is 0. The number of nitrogens with two attached hydrogens (primary N) is 1. The summed E-state index contributed by atoms with van der Waals surface area (Å²) in [6, 6.07) is 4.31. The molecule has 1 aromatic carbocycles. The van der Waals surface area contributed by atoms with Crippen LogP contribution in [0, 0.1) is 0 Å². The second-order valence-electron chi connectivity index (χ2n) is 5.35. The van der Waals surface area contributed by atoms with Crippen molar-refractivity contribution in [3.05, 3.63) is 23.8 Å². The molecule has 1 saturated carbocycles. The van der Waals surface area contributed by atoms with E-state index in [-0.39, 0.29) is 17.4 Å². The van der Waals surface area contributed by atoms with Crippen LogP contribution in [0.5, 0.6) is 0 Å². The maximum Gasteiger partial charge on any atom is 0.418 e. The Hall–Kier alpha value is -1.39. The third-order valence-corrected chi connectivity index (χ3v) is 3.99. The fraction of sp³-hybridized carbons (Fsp3) is 0.600. The van der Waals surface area contributed by atoms with Crippen molar-refractivity contribution < 1.29 is 13.2 Å². The first-order chi connectivity index (χ1) is 9.43. The van der Waals surface area contributed by atoms with Crippen LogP contribution in [0.3, 0.4) is 0 Å². The van der Waals surface area contributed by atoms with Crippen LogP contribution in [-0.4, -0.2) is 12.6 Å². The first-order valence-electron chi connectivity index (χ1n) is 7.17. The molecule has 1 aliphatic carbocycles. The van der Waals surface area contributed by atoms with Gasteiger partial charge in [-0.25, -0.2) is 0 Å². The monoisotopic (exact) mass is 286 g/mol. The number of halogens is 3. The van der Waals surface area contributed by atoms with Crippen molar-refractivity contribution in [2.75, 3.05) is 17.2 Å². The quantitative estimate of drug-likeness (QED) is 0.832. The van der Waals surface area contributed by atoms with Crippen LogP contribution in [0.15, 0.2) is 18.2 Å². The van der Waals surface area contributed by atoms with Gasteiger partial charge in [-0.05, 0) is 38.0 Å². The number of nitrogen functional groups attached to an aromatic ring is 1. The van der Waals surface area contributed by atoms with Crippen molar-refractivity contribution in [3.8, 4) is 0 Å². The number of nitrogens with zero attached hydrogens (tertiary/aromatic N) is 1. The van der Waals surface area contributed by atoms with E-state index in [0.29, 0.717) is 6.54 Å². The third-order valence-electron chi connectivity index (χ3n) is 3.99. The van der Waals surface area contributed by atoms with Crippen LogP contribution in [0.25, 0.3) is 0 Å². The molecule has 5 heteroatoms. The molecule has 0 radical (unpaired) electrons. The SMILES string of the molecule is CCN(c1ccc(N)cc1C(F)(F)F)C1CCCCC1. The zero-order valence-electron chi connectivity index (χ0n) is 11.7. The molecule has 2 N–H and O–H groups in total. The van der Waals surface area contributed by atoms with Gasteiger partial charge in [-0.15, -0.1) is 0 Å². The summed E-state index contributed by atoms with van der Waals surface area (Å²) in [4.78, 5) is 1.89. The van der Waals surface area contributed by atoms with Gasteiger partial charge in [0, 0.05) is 24.0 Å². The van der Waals surface area contributed by atoms with Crippen molar-refractivity contribution in [3.63, 3.8) is 0 Å². The highest BCUT2D eigenvalue weighted by Gasteiger charge is 2.36. The highest BCUT2D eigenvalue weighted by atomic mass is 19.4. The second-order valence-corrected chi connectivity index (χ2v) is 5.35. The molecule has 0 heterocycles. The normalized spacial score (nSPS) is 17.2. The van der Waals surface area contributed by atoms with E-state index in [9.17, 15) is 13.2 Å². The minimum absolute atomic E-state index is 0.153. The molecule has 0 aliphatic heterocycles. The highest BCUT2D eigenvalue weighted by Crippen LogP contribution is 2.39. The molecule has 0 aromatic heterocycles. The van der Waals surface area contributed by atoms with Gasteiger partial charge in [0.2, 0.25) is 0 Å². The molecule has 0 bridgehead atoms. The lowest BCUT2D eigenvalue weighted by atomic mass is 9.93. The van der Waals surface area contributed by atoms with E-state index in [1.165, 1.54) is 12.5 Å². The van der Waals surface area contributed by atoms with Crippen LogP contribution in [0.2, 0.25) is 0 Å². The fourth-order valence-electron chi connectivity index (χ4n) is 3.05. The van der Waals surface area contributed by atoms with Gasteiger partial charge in [-0.1, -0.05) is 19.3 Å². The molecule has 0 saturated heterocycles. The predicted octanol–water partition coefficient (Wildman–Crippen LogP) is 4.45. The third kappa shape index (κ3) is 3.19. The minimum atomic E-state index is -4.37. The second kappa shape index (κ2) is 5.94. The van der Waals surface area contributed by atoms with E-state index < -0.39 is 11.7 Å². The number of hydrogen-bond acceptors (Lipinski definition) is 2. The van der Waals surface area contributed by atoms with Gasteiger partial charge >= 0.3 is 6.18 Å². The summed E-state index contributed by atoms with van der Waals surface area (Å²) in [5.41, 5.74) is 5.32. The van der Waals surface area contributed by atoms with Crippen molar-refractivity contribution >= 4 is 11.4 Å². The average molecular weight is 286 g/mol. The predicted molar refractivity (Wildman–Crippen MR) is 75.7 cm³/mol. The van der Waals surface area contributed by atoms with E-state index in [4.69, 9.17) is 5.73 Å². The molecule has 1 aromatic rings. The Morgan fingerprint density at radius 3 is 2.40 bits per heavy atom. The highest BCUT2D eigenvalue weighted by molar-refractivity contribution is 5.61. The smallest absolute Gasteiger partial charge is 0.399 e. The molecular weight excluding hydrogens is 265 g/mol. The van der Waals surface area contributed by atoms with E-state index in [1.807, 2.05) is 11.8 Å². The Kier molecular flexibility index (Phi) is 4.45. The van der Waals surface area contributed by atoms with Gasteiger partial charge in [0.15, 0.2) is 0 Å². The molecule has 1 fully saturated rings. The summed E-state index contributed by atoms with van der Waals surface area (Å²) in [6.07, 6.45) is 0.939. The van der Waals surface area contributed by atoms with Crippen molar-refractivity contribution in [2.24, 2.45) is 0 Å². The van der Waals surface area contributed by atoms with Gasteiger partial charge in [-0.2, -0.15) is 13.2 Å². The lowest BCUT2D eigenvalue weighted by molar-refractivity contribution is -0.137. The summed E-state index contributed by atoms with van der Waals surface area (Å²) in [6.45, 7) is 2.49. The molecule has 2 rings (SSSR count). The Balaban J connectivity index is 2.38. The minimum Gasteiger partial charge on any atom is -0.399 e.